The zero-order valence-electron chi connectivity index (χ0n) is 11.0. The summed E-state index contributed by atoms with van der Waals surface area (Å²) in [4.78, 5) is 4.35. The first-order valence-electron chi connectivity index (χ1n) is 6.04. The minimum absolute atomic E-state index is 0.0901. The maximum Gasteiger partial charge on any atom is 0.134 e. The first-order chi connectivity index (χ1) is 9.24. The Labute approximate surface area is 117 Å². The van der Waals surface area contributed by atoms with Crippen LogP contribution in [-0.2, 0) is 4.74 Å². The van der Waals surface area contributed by atoms with E-state index in [4.69, 9.17) is 21.1 Å². The monoisotopic (exact) mass is 280 g/mol. The summed E-state index contributed by atoms with van der Waals surface area (Å²) in [5.41, 5.74) is 0. The highest BCUT2D eigenvalue weighted by Crippen LogP contribution is 2.25. The minimum atomic E-state index is -0.0901. The third kappa shape index (κ3) is 3.49. The lowest BCUT2D eigenvalue weighted by Gasteiger charge is -2.12. The fourth-order valence-corrected chi connectivity index (χ4v) is 2.07. The molecule has 1 unspecified atom stereocenters. The first-order valence-corrected chi connectivity index (χ1v) is 6.48. The second-order valence-corrected chi connectivity index (χ2v) is 4.80. The summed E-state index contributed by atoms with van der Waals surface area (Å²) in [7, 11) is 3.29. The van der Waals surface area contributed by atoms with Crippen LogP contribution in [0.4, 0.5) is 5.82 Å². The number of ether oxygens (including phenoxy) is 2. The highest BCUT2D eigenvalue weighted by molar-refractivity contribution is 6.21. The van der Waals surface area contributed by atoms with E-state index in [1.807, 2.05) is 24.3 Å². The molecule has 0 amide bonds. The van der Waals surface area contributed by atoms with Crippen LogP contribution in [0.25, 0.3) is 10.8 Å². The second-order valence-electron chi connectivity index (χ2n) is 4.18. The van der Waals surface area contributed by atoms with Crippen LogP contribution >= 0.6 is 11.6 Å². The van der Waals surface area contributed by atoms with Crippen molar-refractivity contribution >= 4 is 28.2 Å². The molecule has 0 spiro atoms. The Morgan fingerprint density at radius 1 is 1.32 bits per heavy atom. The predicted octanol–water partition coefficient (Wildman–Crippen LogP) is 2.91. The van der Waals surface area contributed by atoms with Gasteiger partial charge in [0.25, 0.3) is 0 Å². The molecule has 0 aliphatic heterocycles. The Kier molecular flexibility index (Phi) is 4.82. The van der Waals surface area contributed by atoms with Crippen LogP contribution in [0.5, 0.6) is 5.75 Å². The number of nitrogens with zero attached hydrogens (tertiary/aromatic N) is 1. The molecule has 1 aromatic heterocycles. The van der Waals surface area contributed by atoms with Crippen molar-refractivity contribution in [2.24, 2.45) is 0 Å². The number of nitrogens with one attached hydrogen (secondary N) is 1. The van der Waals surface area contributed by atoms with E-state index in [1.165, 1.54) is 0 Å². The third-order valence-corrected chi connectivity index (χ3v) is 3.09. The van der Waals surface area contributed by atoms with Crippen LogP contribution < -0.4 is 10.1 Å². The Morgan fingerprint density at radius 3 is 2.89 bits per heavy atom. The van der Waals surface area contributed by atoms with Crippen molar-refractivity contribution in [2.45, 2.75) is 5.38 Å². The number of aromatic nitrogens is 1. The number of benzene rings is 1. The predicted molar refractivity (Wildman–Crippen MR) is 78.3 cm³/mol. The molecule has 102 valence electrons. The first kappa shape index (κ1) is 13.9. The average Bonchev–Trinajstić information content (AvgIpc) is 2.44. The molecule has 1 atom stereocenters. The summed E-state index contributed by atoms with van der Waals surface area (Å²) in [6.45, 7) is 1.10. The third-order valence-electron chi connectivity index (χ3n) is 2.81. The number of halogens is 1. The summed E-state index contributed by atoms with van der Waals surface area (Å²) in [5.74, 6) is 1.61. The smallest absolute Gasteiger partial charge is 0.134 e. The van der Waals surface area contributed by atoms with Gasteiger partial charge in [0.15, 0.2) is 0 Å². The van der Waals surface area contributed by atoms with Crippen molar-refractivity contribution in [3.63, 3.8) is 0 Å². The summed E-state index contributed by atoms with van der Waals surface area (Å²) in [6.07, 6.45) is 1.77. The number of anilines is 1. The van der Waals surface area contributed by atoms with E-state index in [1.54, 1.807) is 20.4 Å². The van der Waals surface area contributed by atoms with Crippen molar-refractivity contribution in [3.05, 3.63) is 30.5 Å². The number of hydrogen-bond donors (Lipinski definition) is 1. The number of pyridine rings is 1. The SMILES string of the molecule is COCC(Cl)CNc1nccc2ccc(OC)cc12. The Bertz CT molecular complexity index is 548. The zero-order valence-corrected chi connectivity index (χ0v) is 11.8. The summed E-state index contributed by atoms with van der Waals surface area (Å²) < 4.78 is 10.2. The fourth-order valence-electron chi connectivity index (χ4n) is 1.86. The Balaban J connectivity index is 2.22. The standard InChI is InChI=1S/C14H17ClN2O2/c1-18-9-11(15)8-17-14-13-7-12(19-2)4-3-10(13)5-6-16-14/h3-7,11H,8-9H2,1-2H3,(H,16,17). The van der Waals surface area contributed by atoms with E-state index < -0.39 is 0 Å². The minimum Gasteiger partial charge on any atom is -0.497 e. The number of alkyl halides is 1. The molecular formula is C14H17ClN2O2. The lowest BCUT2D eigenvalue weighted by Crippen LogP contribution is -2.19. The quantitative estimate of drug-likeness (QED) is 0.827. The van der Waals surface area contributed by atoms with Gasteiger partial charge < -0.3 is 14.8 Å². The Hall–Kier alpha value is -1.52. The van der Waals surface area contributed by atoms with E-state index in [9.17, 15) is 0 Å². The van der Waals surface area contributed by atoms with Crippen LogP contribution in [0, 0.1) is 0 Å². The van der Waals surface area contributed by atoms with Crippen LogP contribution in [-0.4, -0.2) is 37.7 Å². The van der Waals surface area contributed by atoms with Crippen LogP contribution in [0.3, 0.4) is 0 Å². The van der Waals surface area contributed by atoms with Gasteiger partial charge in [-0.3, -0.25) is 0 Å². The highest BCUT2D eigenvalue weighted by atomic mass is 35.5. The lowest BCUT2D eigenvalue weighted by atomic mass is 10.1. The molecule has 0 saturated carbocycles. The summed E-state index contributed by atoms with van der Waals surface area (Å²) in [6, 6.07) is 7.87. The molecule has 2 aromatic rings. The topological polar surface area (TPSA) is 43.4 Å². The van der Waals surface area contributed by atoms with E-state index in [0.717, 1.165) is 22.3 Å². The number of methoxy groups -OCH3 is 2. The fraction of sp³-hybridized carbons (Fsp3) is 0.357. The van der Waals surface area contributed by atoms with Crippen molar-refractivity contribution in [2.75, 3.05) is 32.7 Å². The molecule has 0 saturated heterocycles. The van der Waals surface area contributed by atoms with E-state index in [2.05, 4.69) is 10.3 Å². The zero-order chi connectivity index (χ0) is 13.7. The molecule has 2 rings (SSSR count). The molecule has 1 heterocycles. The van der Waals surface area contributed by atoms with Gasteiger partial charge >= 0.3 is 0 Å². The molecular weight excluding hydrogens is 264 g/mol. The van der Waals surface area contributed by atoms with Crippen molar-refractivity contribution < 1.29 is 9.47 Å². The van der Waals surface area contributed by atoms with Gasteiger partial charge in [0, 0.05) is 25.2 Å². The van der Waals surface area contributed by atoms with Gasteiger partial charge in [0.1, 0.15) is 11.6 Å². The van der Waals surface area contributed by atoms with E-state index in [0.29, 0.717) is 13.2 Å². The molecule has 0 bridgehead atoms. The van der Waals surface area contributed by atoms with Crippen LogP contribution in [0.15, 0.2) is 30.5 Å². The molecule has 4 nitrogen and oxygen atoms in total. The van der Waals surface area contributed by atoms with Crippen LogP contribution in [0.1, 0.15) is 0 Å². The summed E-state index contributed by atoms with van der Waals surface area (Å²) >= 11 is 6.10. The lowest BCUT2D eigenvalue weighted by molar-refractivity contribution is 0.200. The van der Waals surface area contributed by atoms with Crippen molar-refractivity contribution in [1.29, 1.82) is 0 Å². The maximum atomic E-state index is 6.10. The van der Waals surface area contributed by atoms with Gasteiger partial charge in [0.05, 0.1) is 19.1 Å². The Morgan fingerprint density at radius 2 is 2.16 bits per heavy atom. The van der Waals surface area contributed by atoms with Gasteiger partial charge in [-0.1, -0.05) is 6.07 Å². The van der Waals surface area contributed by atoms with Gasteiger partial charge in [-0.2, -0.15) is 0 Å². The molecule has 0 aliphatic carbocycles. The van der Waals surface area contributed by atoms with Crippen molar-refractivity contribution in [3.8, 4) is 5.75 Å². The molecule has 1 N–H and O–H groups in total. The molecule has 0 aliphatic rings. The van der Waals surface area contributed by atoms with Gasteiger partial charge in [-0.15, -0.1) is 11.6 Å². The number of rotatable bonds is 6. The molecule has 19 heavy (non-hydrogen) atoms. The normalized spacial score (nSPS) is 12.4. The van der Waals surface area contributed by atoms with E-state index >= 15 is 0 Å². The van der Waals surface area contributed by atoms with Gasteiger partial charge in [0.2, 0.25) is 0 Å². The van der Waals surface area contributed by atoms with Crippen molar-refractivity contribution in [1.82, 2.24) is 4.98 Å². The van der Waals surface area contributed by atoms with Crippen LogP contribution in [0.2, 0.25) is 0 Å². The summed E-state index contributed by atoms with van der Waals surface area (Å²) in [5, 5.41) is 5.28. The average molecular weight is 281 g/mol. The van der Waals surface area contributed by atoms with E-state index in [-0.39, 0.29) is 5.38 Å². The molecule has 0 radical (unpaired) electrons. The van der Waals surface area contributed by atoms with Gasteiger partial charge in [-0.25, -0.2) is 4.98 Å². The molecule has 0 fully saturated rings. The molecule has 1 aromatic carbocycles. The highest BCUT2D eigenvalue weighted by Gasteiger charge is 2.07. The molecule has 5 heteroatoms. The number of hydrogen-bond acceptors (Lipinski definition) is 4. The largest absolute Gasteiger partial charge is 0.497 e. The second kappa shape index (κ2) is 6.59. The maximum absolute atomic E-state index is 6.10. The number of fused-ring (bicyclic) bond motifs is 1. The van der Waals surface area contributed by atoms with Gasteiger partial charge in [-0.05, 0) is 23.6 Å².